The third-order valence-corrected chi connectivity index (χ3v) is 5.28. The van der Waals surface area contributed by atoms with Crippen molar-refractivity contribution in [2.75, 3.05) is 0 Å². The Hall–Kier alpha value is -3.45. The molecule has 0 unspecified atom stereocenters. The van der Waals surface area contributed by atoms with Crippen LogP contribution < -0.4 is 10.7 Å². The second kappa shape index (κ2) is 7.52. The average Bonchev–Trinajstić information content (AvgIpc) is 3.01. The molecule has 0 aromatic heterocycles. The van der Waals surface area contributed by atoms with E-state index < -0.39 is 23.4 Å². The first-order valence-corrected chi connectivity index (χ1v) is 9.66. The first-order valence-electron chi connectivity index (χ1n) is 8.86. The third-order valence-electron chi connectivity index (χ3n) is 4.75. The topological polar surface area (TPSA) is 78.5 Å². The summed E-state index contributed by atoms with van der Waals surface area (Å²) in [5.74, 6) is -1.14. The van der Waals surface area contributed by atoms with Crippen LogP contribution in [0.5, 0.6) is 0 Å². The van der Waals surface area contributed by atoms with Crippen molar-refractivity contribution >= 4 is 33.8 Å². The Morgan fingerprint density at radius 1 is 0.828 bits per heavy atom. The second-order valence-electron chi connectivity index (χ2n) is 6.50. The Morgan fingerprint density at radius 3 is 1.86 bits per heavy atom. The fourth-order valence-electron chi connectivity index (χ4n) is 3.33. The number of urea groups is 1. The highest BCUT2D eigenvalue weighted by Gasteiger charge is 2.54. The van der Waals surface area contributed by atoms with Gasteiger partial charge in [-0.15, -0.1) is 0 Å². The van der Waals surface area contributed by atoms with Gasteiger partial charge in [-0.3, -0.25) is 15.0 Å². The van der Waals surface area contributed by atoms with Crippen LogP contribution in [0.4, 0.5) is 4.79 Å². The molecule has 0 aliphatic carbocycles. The molecule has 1 aliphatic heterocycles. The van der Waals surface area contributed by atoms with Crippen LogP contribution in [0.2, 0.25) is 0 Å². The van der Waals surface area contributed by atoms with E-state index in [1.165, 1.54) is 0 Å². The van der Waals surface area contributed by atoms with Crippen molar-refractivity contribution in [3.8, 4) is 0 Å². The summed E-state index contributed by atoms with van der Waals surface area (Å²) in [5.41, 5.74) is 2.53. The number of hydrogen-bond donors (Lipinski definition) is 2. The number of imide groups is 1. The van der Waals surface area contributed by atoms with Gasteiger partial charge in [0.25, 0.3) is 11.8 Å². The van der Waals surface area contributed by atoms with Gasteiger partial charge in [-0.1, -0.05) is 76.6 Å². The molecule has 0 atom stereocenters. The molecule has 0 saturated carbocycles. The van der Waals surface area contributed by atoms with E-state index in [1.807, 2.05) is 12.1 Å². The number of benzene rings is 3. The molecule has 1 heterocycles. The lowest BCUT2D eigenvalue weighted by molar-refractivity contribution is -0.131. The molecule has 4 rings (SSSR count). The summed E-state index contributed by atoms with van der Waals surface area (Å²) in [4.78, 5) is 38.8. The van der Waals surface area contributed by atoms with E-state index in [-0.39, 0.29) is 0 Å². The minimum Gasteiger partial charge on any atom is -0.314 e. The maximum absolute atomic E-state index is 13.5. The molecule has 3 aromatic carbocycles. The standard InChI is InChI=1S/C22H16BrN3O3/c23-18-13-11-15(12-14-18)19(27)25-26-20(28)22(24-21(26)29,16-7-3-1-4-8-16)17-9-5-2-6-10-17/h1-14H,(H,24,29)(H,25,27). The quantitative estimate of drug-likeness (QED) is 0.597. The van der Waals surface area contributed by atoms with Crippen molar-refractivity contribution in [2.45, 2.75) is 5.54 Å². The van der Waals surface area contributed by atoms with Gasteiger partial charge in [-0.05, 0) is 35.4 Å². The van der Waals surface area contributed by atoms with E-state index in [0.29, 0.717) is 16.7 Å². The number of carbonyl (C=O) groups excluding carboxylic acids is 3. The van der Waals surface area contributed by atoms with Crippen molar-refractivity contribution in [2.24, 2.45) is 0 Å². The fourth-order valence-corrected chi connectivity index (χ4v) is 3.60. The van der Waals surface area contributed by atoms with Gasteiger partial charge in [-0.25, -0.2) is 4.79 Å². The van der Waals surface area contributed by atoms with Crippen molar-refractivity contribution < 1.29 is 14.4 Å². The lowest BCUT2D eigenvalue weighted by Gasteiger charge is -2.27. The Morgan fingerprint density at radius 2 is 1.34 bits per heavy atom. The molecule has 2 N–H and O–H groups in total. The number of rotatable bonds is 4. The van der Waals surface area contributed by atoms with E-state index >= 15 is 0 Å². The summed E-state index contributed by atoms with van der Waals surface area (Å²) < 4.78 is 0.816. The number of hydrogen-bond acceptors (Lipinski definition) is 3. The van der Waals surface area contributed by atoms with Crippen molar-refractivity contribution in [1.29, 1.82) is 0 Å². The molecular formula is C22H16BrN3O3. The summed E-state index contributed by atoms with van der Waals surface area (Å²) in [5, 5.41) is 3.52. The monoisotopic (exact) mass is 449 g/mol. The van der Waals surface area contributed by atoms with Gasteiger partial charge in [0.1, 0.15) is 0 Å². The predicted molar refractivity (Wildman–Crippen MR) is 111 cm³/mol. The zero-order valence-electron chi connectivity index (χ0n) is 15.1. The van der Waals surface area contributed by atoms with Gasteiger partial charge in [0.2, 0.25) is 0 Å². The van der Waals surface area contributed by atoms with Crippen LogP contribution in [0, 0.1) is 0 Å². The Balaban J connectivity index is 1.72. The minimum absolute atomic E-state index is 0.325. The average molecular weight is 450 g/mol. The number of halogens is 1. The van der Waals surface area contributed by atoms with Gasteiger partial charge < -0.3 is 5.32 Å². The fraction of sp³-hybridized carbons (Fsp3) is 0.0455. The smallest absolute Gasteiger partial charge is 0.314 e. The maximum atomic E-state index is 13.5. The molecule has 4 amide bonds. The molecule has 0 radical (unpaired) electrons. The molecule has 1 saturated heterocycles. The third kappa shape index (κ3) is 3.30. The van der Waals surface area contributed by atoms with Crippen LogP contribution in [0.1, 0.15) is 21.5 Å². The molecule has 0 spiro atoms. The van der Waals surface area contributed by atoms with E-state index in [9.17, 15) is 14.4 Å². The number of hydrazine groups is 1. The van der Waals surface area contributed by atoms with E-state index in [4.69, 9.17) is 0 Å². The van der Waals surface area contributed by atoms with Crippen LogP contribution in [-0.2, 0) is 10.3 Å². The van der Waals surface area contributed by atoms with Crippen LogP contribution in [-0.4, -0.2) is 22.9 Å². The Labute approximate surface area is 175 Å². The molecular weight excluding hydrogens is 434 g/mol. The van der Waals surface area contributed by atoms with Gasteiger partial charge in [0, 0.05) is 10.0 Å². The van der Waals surface area contributed by atoms with Gasteiger partial charge in [-0.2, -0.15) is 5.01 Å². The maximum Gasteiger partial charge on any atom is 0.344 e. The molecule has 3 aromatic rings. The largest absolute Gasteiger partial charge is 0.344 e. The first kappa shape index (κ1) is 18.9. The van der Waals surface area contributed by atoms with E-state index in [1.54, 1.807) is 72.8 Å². The highest BCUT2D eigenvalue weighted by atomic mass is 79.9. The second-order valence-corrected chi connectivity index (χ2v) is 7.42. The predicted octanol–water partition coefficient (Wildman–Crippen LogP) is 3.59. The van der Waals surface area contributed by atoms with Crippen molar-refractivity contribution in [3.63, 3.8) is 0 Å². The highest BCUT2D eigenvalue weighted by Crippen LogP contribution is 2.35. The number of carbonyl (C=O) groups is 3. The summed E-state index contributed by atoms with van der Waals surface area (Å²) >= 11 is 3.31. The van der Waals surface area contributed by atoms with Gasteiger partial charge in [0.15, 0.2) is 5.54 Å². The van der Waals surface area contributed by atoms with E-state index in [0.717, 1.165) is 9.48 Å². The SMILES string of the molecule is O=C(NN1C(=O)NC(c2ccccc2)(c2ccccc2)C1=O)c1ccc(Br)cc1. The van der Waals surface area contributed by atoms with Crippen LogP contribution >= 0.6 is 15.9 Å². The van der Waals surface area contributed by atoms with Crippen molar-refractivity contribution in [1.82, 2.24) is 15.8 Å². The van der Waals surface area contributed by atoms with E-state index in [2.05, 4.69) is 26.7 Å². The number of nitrogens with zero attached hydrogens (tertiary/aromatic N) is 1. The molecule has 6 nitrogen and oxygen atoms in total. The number of nitrogens with one attached hydrogen (secondary N) is 2. The minimum atomic E-state index is -1.42. The summed E-state index contributed by atoms with van der Waals surface area (Å²) in [6.07, 6.45) is 0. The van der Waals surface area contributed by atoms with Crippen LogP contribution in [0.15, 0.2) is 89.4 Å². The summed E-state index contributed by atoms with van der Waals surface area (Å²) in [6.45, 7) is 0. The Bertz CT molecular complexity index is 1030. The highest BCUT2D eigenvalue weighted by molar-refractivity contribution is 9.10. The Kier molecular flexibility index (Phi) is 4.90. The molecule has 144 valence electrons. The first-order chi connectivity index (χ1) is 14.0. The zero-order valence-corrected chi connectivity index (χ0v) is 16.7. The summed E-state index contributed by atoms with van der Waals surface area (Å²) in [7, 11) is 0. The molecule has 0 bridgehead atoms. The van der Waals surface area contributed by atoms with Crippen LogP contribution in [0.3, 0.4) is 0 Å². The van der Waals surface area contributed by atoms with Crippen molar-refractivity contribution in [3.05, 3.63) is 106 Å². The zero-order chi connectivity index (χ0) is 20.4. The number of amides is 4. The van der Waals surface area contributed by atoms with Gasteiger partial charge >= 0.3 is 6.03 Å². The van der Waals surface area contributed by atoms with Gasteiger partial charge in [0.05, 0.1) is 0 Å². The molecule has 1 fully saturated rings. The lowest BCUT2D eigenvalue weighted by Crippen LogP contribution is -2.49. The molecule has 29 heavy (non-hydrogen) atoms. The molecule has 1 aliphatic rings. The molecule has 7 heteroatoms. The summed E-state index contributed by atoms with van der Waals surface area (Å²) in [6, 6.07) is 23.8. The van der Waals surface area contributed by atoms with Crippen LogP contribution in [0.25, 0.3) is 0 Å². The lowest BCUT2D eigenvalue weighted by atomic mass is 9.83. The normalized spacial score (nSPS) is 15.1.